The first-order chi connectivity index (χ1) is 29.9. The molecular weight excluding hydrogens is 793 g/mol. The molecule has 0 aromatic heterocycles. The quantitative estimate of drug-likeness (QED) is 0.0287. The van der Waals surface area contributed by atoms with E-state index in [1.54, 1.807) is 0 Å². The third-order valence-corrected chi connectivity index (χ3v) is 11.5. The fraction of sp³-hybridized carbons (Fsp3) is 0.854. The Morgan fingerprint density at radius 1 is 0.323 bits per heavy atom. The van der Waals surface area contributed by atoms with E-state index in [4.69, 9.17) is 0 Å². The van der Waals surface area contributed by atoms with Crippen LogP contribution >= 0.6 is 0 Å². The number of carboxylic acid groups (broad SMARTS) is 3. The molecule has 0 saturated carbocycles. The molecule has 14 heteroatoms. The predicted molar refractivity (Wildman–Crippen MR) is 245 cm³/mol. The maximum absolute atomic E-state index is 12.5. The molecule has 0 unspecified atom stereocenters. The van der Waals surface area contributed by atoms with Crippen LogP contribution in [0.3, 0.4) is 0 Å². The summed E-state index contributed by atoms with van der Waals surface area (Å²) in [5.41, 5.74) is 0. The summed E-state index contributed by atoms with van der Waals surface area (Å²) in [6.07, 6.45) is 31.3. The lowest BCUT2D eigenvalue weighted by Crippen LogP contribution is -2.44. The zero-order valence-electron chi connectivity index (χ0n) is 38.9. The van der Waals surface area contributed by atoms with Gasteiger partial charge in [-0.1, -0.05) is 168 Å². The molecule has 7 N–H and O–H groups in total. The number of nitrogens with one attached hydrogen (secondary N) is 4. The molecule has 0 aliphatic heterocycles. The second-order valence-electron chi connectivity index (χ2n) is 17.3. The molecule has 0 heterocycles. The largest absolute Gasteiger partial charge is 0.480 e. The fourth-order valence-electron chi connectivity index (χ4n) is 7.52. The topological polar surface area (TPSA) is 228 Å². The summed E-state index contributed by atoms with van der Waals surface area (Å²) in [7, 11) is 0. The molecule has 62 heavy (non-hydrogen) atoms. The zero-order valence-corrected chi connectivity index (χ0v) is 38.9. The zero-order chi connectivity index (χ0) is 46.1. The Morgan fingerprint density at radius 2 is 0.597 bits per heavy atom. The standard InChI is InChI=1S/C48H88N4O10/c1-3-5-7-9-11-13-15-17-19-21-23-25-27-32-43(54)51-40(47(59)60)34-36-42(53)49-38-30-29-31-39(46(57)58)50-45(56)37-35-41(48(61)62)52-44(55)33-28-26-24-22-20-18-16-14-12-10-8-6-4-2/h39-41H,3-38H2,1-2H3,(H,49,53)(H,50,56)(H,51,54)(H,52,55)(H,57,58)(H,59,60)(H,61,62)/t39-,40-,41-/m0/s1. The summed E-state index contributed by atoms with van der Waals surface area (Å²) in [6.45, 7) is 4.66. The minimum absolute atomic E-state index is 0.0650. The molecule has 0 spiro atoms. The molecule has 4 amide bonds. The molecule has 3 atom stereocenters. The van der Waals surface area contributed by atoms with Crippen LogP contribution in [0.25, 0.3) is 0 Å². The summed E-state index contributed by atoms with van der Waals surface area (Å²) in [5.74, 6) is -5.50. The Balaban J connectivity index is 4.20. The monoisotopic (exact) mass is 881 g/mol. The van der Waals surface area contributed by atoms with Crippen molar-refractivity contribution in [3.63, 3.8) is 0 Å². The van der Waals surface area contributed by atoms with Crippen molar-refractivity contribution >= 4 is 41.5 Å². The summed E-state index contributed by atoms with van der Waals surface area (Å²) in [5, 5.41) is 38.9. The summed E-state index contributed by atoms with van der Waals surface area (Å²) in [6, 6.07) is -3.66. The van der Waals surface area contributed by atoms with E-state index in [-0.39, 0.29) is 63.3 Å². The van der Waals surface area contributed by atoms with Crippen molar-refractivity contribution in [3.8, 4) is 0 Å². The molecule has 0 radical (unpaired) electrons. The number of hydrogen-bond acceptors (Lipinski definition) is 7. The van der Waals surface area contributed by atoms with Gasteiger partial charge in [-0.2, -0.15) is 0 Å². The number of aliphatic carboxylic acids is 3. The molecule has 0 rings (SSSR count). The highest BCUT2D eigenvalue weighted by atomic mass is 16.4. The highest BCUT2D eigenvalue weighted by Crippen LogP contribution is 2.15. The van der Waals surface area contributed by atoms with Crippen LogP contribution in [0.1, 0.15) is 239 Å². The lowest BCUT2D eigenvalue weighted by atomic mass is 10.0. The lowest BCUT2D eigenvalue weighted by molar-refractivity contribution is -0.143. The first-order valence-corrected chi connectivity index (χ1v) is 24.7. The molecule has 0 aliphatic carbocycles. The number of carbonyl (C=O) groups is 7. The predicted octanol–water partition coefficient (Wildman–Crippen LogP) is 9.50. The number of amides is 4. The van der Waals surface area contributed by atoms with E-state index in [9.17, 15) is 48.9 Å². The number of carboxylic acids is 3. The van der Waals surface area contributed by atoms with E-state index in [1.165, 1.54) is 116 Å². The molecule has 0 fully saturated rings. The van der Waals surface area contributed by atoms with Crippen molar-refractivity contribution < 1.29 is 48.9 Å². The molecule has 0 saturated heterocycles. The average molecular weight is 881 g/mol. The minimum Gasteiger partial charge on any atom is -0.480 e. The number of carbonyl (C=O) groups excluding carboxylic acids is 4. The Labute approximate surface area is 374 Å². The van der Waals surface area contributed by atoms with E-state index >= 15 is 0 Å². The summed E-state index contributed by atoms with van der Waals surface area (Å²) < 4.78 is 0. The minimum atomic E-state index is -1.27. The van der Waals surface area contributed by atoms with Gasteiger partial charge in [0.05, 0.1) is 0 Å². The van der Waals surface area contributed by atoms with Gasteiger partial charge in [-0.15, -0.1) is 0 Å². The van der Waals surface area contributed by atoms with Crippen LogP contribution in [-0.2, 0) is 33.6 Å². The first kappa shape index (κ1) is 58.3. The van der Waals surface area contributed by atoms with Crippen LogP contribution in [0.2, 0.25) is 0 Å². The Bertz CT molecular complexity index is 1220. The Morgan fingerprint density at radius 3 is 0.919 bits per heavy atom. The smallest absolute Gasteiger partial charge is 0.326 e. The fourth-order valence-corrected chi connectivity index (χ4v) is 7.52. The van der Waals surface area contributed by atoms with Crippen LogP contribution in [0, 0.1) is 0 Å². The highest BCUT2D eigenvalue weighted by molar-refractivity contribution is 5.86. The van der Waals surface area contributed by atoms with E-state index in [1.807, 2.05) is 0 Å². The van der Waals surface area contributed by atoms with Gasteiger partial charge in [0, 0.05) is 32.2 Å². The van der Waals surface area contributed by atoms with Crippen LogP contribution in [0.4, 0.5) is 0 Å². The van der Waals surface area contributed by atoms with Gasteiger partial charge in [-0.3, -0.25) is 19.2 Å². The molecular formula is C48H88N4O10. The van der Waals surface area contributed by atoms with Gasteiger partial charge in [0.2, 0.25) is 23.6 Å². The Kier molecular flexibility index (Phi) is 38.8. The second kappa shape index (κ2) is 41.3. The van der Waals surface area contributed by atoms with Gasteiger partial charge in [-0.25, -0.2) is 14.4 Å². The number of rotatable bonds is 45. The maximum atomic E-state index is 12.5. The SMILES string of the molecule is CCCCCCCCCCCCCCCC(=O)N[C@@H](CCC(=O)NCCCC[C@H](NC(=O)CC[C@H](NC(=O)CCCCCCCCCCCCCCC)C(=O)O)C(=O)O)C(=O)O. The molecule has 0 aromatic carbocycles. The van der Waals surface area contributed by atoms with Crippen molar-refractivity contribution in [2.24, 2.45) is 0 Å². The van der Waals surface area contributed by atoms with Crippen molar-refractivity contribution in [1.29, 1.82) is 0 Å². The van der Waals surface area contributed by atoms with Crippen LogP contribution in [0.15, 0.2) is 0 Å². The van der Waals surface area contributed by atoms with E-state index < -0.39 is 47.8 Å². The van der Waals surface area contributed by atoms with Crippen molar-refractivity contribution in [1.82, 2.24) is 21.3 Å². The van der Waals surface area contributed by atoms with Crippen molar-refractivity contribution in [2.45, 2.75) is 257 Å². The number of hydrogen-bond donors (Lipinski definition) is 7. The summed E-state index contributed by atoms with van der Waals surface area (Å²) in [4.78, 5) is 85.0. The molecule has 0 bridgehead atoms. The van der Waals surface area contributed by atoms with Gasteiger partial charge in [0.1, 0.15) is 18.1 Å². The normalized spacial score (nSPS) is 12.5. The highest BCUT2D eigenvalue weighted by Gasteiger charge is 2.24. The van der Waals surface area contributed by atoms with Gasteiger partial charge in [0.25, 0.3) is 0 Å². The van der Waals surface area contributed by atoms with E-state index in [2.05, 4.69) is 35.1 Å². The van der Waals surface area contributed by atoms with Gasteiger partial charge in [-0.05, 0) is 44.9 Å². The van der Waals surface area contributed by atoms with Crippen LogP contribution < -0.4 is 21.3 Å². The van der Waals surface area contributed by atoms with Gasteiger partial charge >= 0.3 is 17.9 Å². The van der Waals surface area contributed by atoms with Gasteiger partial charge < -0.3 is 36.6 Å². The molecule has 0 aliphatic rings. The van der Waals surface area contributed by atoms with Crippen LogP contribution in [0.5, 0.6) is 0 Å². The first-order valence-electron chi connectivity index (χ1n) is 24.7. The van der Waals surface area contributed by atoms with Crippen molar-refractivity contribution in [3.05, 3.63) is 0 Å². The third-order valence-electron chi connectivity index (χ3n) is 11.5. The molecule has 360 valence electrons. The third kappa shape index (κ3) is 36.9. The van der Waals surface area contributed by atoms with Crippen molar-refractivity contribution in [2.75, 3.05) is 6.54 Å². The summed E-state index contributed by atoms with van der Waals surface area (Å²) >= 11 is 0. The second-order valence-corrected chi connectivity index (χ2v) is 17.3. The molecule has 14 nitrogen and oxygen atoms in total. The number of unbranched alkanes of at least 4 members (excludes halogenated alkanes) is 25. The Hall–Kier alpha value is -3.71. The lowest BCUT2D eigenvalue weighted by Gasteiger charge is -2.17. The van der Waals surface area contributed by atoms with Gasteiger partial charge in [0.15, 0.2) is 0 Å². The molecule has 0 aromatic rings. The maximum Gasteiger partial charge on any atom is 0.326 e. The van der Waals surface area contributed by atoms with Crippen LogP contribution in [-0.4, -0.2) is 81.5 Å². The van der Waals surface area contributed by atoms with E-state index in [0.717, 1.165) is 38.5 Å². The average Bonchev–Trinajstić information content (AvgIpc) is 3.23. The van der Waals surface area contributed by atoms with E-state index in [0.29, 0.717) is 25.7 Å².